The van der Waals surface area contributed by atoms with E-state index in [0.29, 0.717) is 17.0 Å². The van der Waals surface area contributed by atoms with Gasteiger partial charge >= 0.3 is 0 Å². The van der Waals surface area contributed by atoms with Crippen LogP contribution in [0.2, 0.25) is 0 Å². The van der Waals surface area contributed by atoms with Crippen molar-refractivity contribution in [3.8, 4) is 5.75 Å². The number of anilines is 1. The minimum atomic E-state index is -3.41. The number of hydrogen-bond donors (Lipinski definition) is 1. The Hall–Kier alpha value is -3.46. The molecule has 1 heterocycles. The lowest BCUT2D eigenvalue weighted by Crippen LogP contribution is -2.28. The molecule has 0 saturated heterocycles. The van der Waals surface area contributed by atoms with Crippen molar-refractivity contribution in [3.63, 3.8) is 0 Å². The highest BCUT2D eigenvalue weighted by molar-refractivity contribution is 7.90. The molecular weight excluding hydrogens is 406 g/mol. The Morgan fingerprint density at radius 3 is 2.53 bits per heavy atom. The Balaban J connectivity index is 1.74. The van der Waals surface area contributed by atoms with E-state index < -0.39 is 15.7 Å². The summed E-state index contributed by atoms with van der Waals surface area (Å²) < 4.78 is 30.2. The van der Waals surface area contributed by atoms with E-state index in [9.17, 15) is 18.0 Å². The van der Waals surface area contributed by atoms with Crippen LogP contribution in [0.4, 0.5) is 5.69 Å². The third kappa shape index (κ3) is 5.32. The zero-order valence-electron chi connectivity index (χ0n) is 16.5. The van der Waals surface area contributed by atoms with Gasteiger partial charge in [0.2, 0.25) is 0 Å². The highest BCUT2D eigenvalue weighted by Gasteiger charge is 2.14. The molecule has 0 fully saturated rings. The summed E-state index contributed by atoms with van der Waals surface area (Å²) >= 11 is 0. The molecule has 1 aromatic heterocycles. The fourth-order valence-electron chi connectivity index (χ4n) is 2.65. The summed E-state index contributed by atoms with van der Waals surface area (Å²) in [5.41, 5.74) is 0.715. The van der Waals surface area contributed by atoms with Crippen molar-refractivity contribution < 1.29 is 17.9 Å². The molecule has 0 bridgehead atoms. The molecule has 8 nitrogen and oxygen atoms in total. The summed E-state index contributed by atoms with van der Waals surface area (Å²) in [6.45, 7) is 2.12. The van der Waals surface area contributed by atoms with Gasteiger partial charge in [-0.3, -0.25) is 9.59 Å². The maximum atomic E-state index is 12.6. The number of benzene rings is 2. The normalized spacial score (nSPS) is 11.1. The molecule has 9 heteroatoms. The minimum Gasteiger partial charge on any atom is -0.492 e. The maximum absolute atomic E-state index is 12.6. The van der Waals surface area contributed by atoms with Gasteiger partial charge in [0, 0.05) is 18.0 Å². The molecule has 0 aliphatic carbocycles. The number of hydrogen-bond acceptors (Lipinski definition) is 6. The second kappa shape index (κ2) is 8.91. The summed E-state index contributed by atoms with van der Waals surface area (Å²) in [6, 6.07) is 16.2. The monoisotopic (exact) mass is 427 g/mol. The lowest BCUT2D eigenvalue weighted by atomic mass is 10.2. The summed E-state index contributed by atoms with van der Waals surface area (Å²) in [6.07, 6.45) is 1.10. The number of aryl methyl sites for hydroxylation is 1. The van der Waals surface area contributed by atoms with Gasteiger partial charge in [0.15, 0.2) is 9.84 Å². The van der Waals surface area contributed by atoms with E-state index in [0.717, 1.165) is 10.9 Å². The van der Waals surface area contributed by atoms with Gasteiger partial charge in [-0.1, -0.05) is 24.3 Å². The quantitative estimate of drug-likeness (QED) is 0.620. The van der Waals surface area contributed by atoms with Gasteiger partial charge in [-0.05, 0) is 42.8 Å². The number of nitrogens with one attached hydrogen (secondary N) is 1. The van der Waals surface area contributed by atoms with E-state index in [1.807, 2.05) is 18.2 Å². The Kier molecular flexibility index (Phi) is 6.31. The highest BCUT2D eigenvalue weighted by atomic mass is 32.2. The van der Waals surface area contributed by atoms with Crippen molar-refractivity contribution in [3.05, 3.63) is 82.3 Å². The van der Waals surface area contributed by atoms with Crippen molar-refractivity contribution in [2.24, 2.45) is 0 Å². The van der Waals surface area contributed by atoms with Crippen LogP contribution in [0.25, 0.3) is 0 Å². The Bertz CT molecular complexity index is 1220. The molecule has 0 aliphatic rings. The molecule has 3 rings (SSSR count). The average Bonchev–Trinajstić information content (AvgIpc) is 2.71. The number of sulfone groups is 1. The topological polar surface area (TPSA) is 107 Å². The van der Waals surface area contributed by atoms with E-state index in [1.165, 1.54) is 24.3 Å². The molecule has 0 aliphatic heterocycles. The number of carbonyl (C=O) groups excluding carboxylic acids is 1. The summed E-state index contributed by atoms with van der Waals surface area (Å²) in [7, 11) is -3.41. The number of amides is 1. The molecule has 156 valence electrons. The van der Waals surface area contributed by atoms with E-state index in [2.05, 4.69) is 10.4 Å². The van der Waals surface area contributed by atoms with Crippen molar-refractivity contribution >= 4 is 21.4 Å². The smallest absolute Gasteiger partial charge is 0.276 e. The molecule has 0 spiro atoms. The zero-order valence-corrected chi connectivity index (χ0v) is 17.3. The van der Waals surface area contributed by atoms with Crippen LogP contribution in [0.1, 0.15) is 16.1 Å². The van der Waals surface area contributed by atoms with Gasteiger partial charge in [-0.2, -0.15) is 5.10 Å². The fourth-order valence-corrected chi connectivity index (χ4v) is 3.30. The molecule has 0 saturated carbocycles. The first kappa shape index (κ1) is 21.3. The maximum Gasteiger partial charge on any atom is 0.276 e. The number of para-hydroxylation sites is 1. The second-order valence-corrected chi connectivity index (χ2v) is 8.66. The average molecular weight is 427 g/mol. The van der Waals surface area contributed by atoms with Crippen LogP contribution in [0.5, 0.6) is 5.75 Å². The molecule has 1 N–H and O–H groups in total. The largest absolute Gasteiger partial charge is 0.492 e. The third-order valence-corrected chi connectivity index (χ3v) is 5.41. The van der Waals surface area contributed by atoms with Crippen LogP contribution < -0.4 is 15.6 Å². The van der Waals surface area contributed by atoms with Gasteiger partial charge in [0.1, 0.15) is 18.1 Å². The Morgan fingerprint density at radius 1 is 1.10 bits per heavy atom. The second-order valence-electron chi connectivity index (χ2n) is 6.64. The highest BCUT2D eigenvalue weighted by Crippen LogP contribution is 2.20. The fraction of sp³-hybridized carbons (Fsp3) is 0.190. The summed E-state index contributed by atoms with van der Waals surface area (Å²) in [4.78, 5) is 24.8. The van der Waals surface area contributed by atoms with Crippen LogP contribution in [0.15, 0.2) is 70.4 Å². The molecule has 3 aromatic rings. The number of nitrogens with zero attached hydrogens (tertiary/aromatic N) is 2. The predicted octanol–water partition coefficient (Wildman–Crippen LogP) is 2.29. The van der Waals surface area contributed by atoms with Gasteiger partial charge in [-0.25, -0.2) is 13.1 Å². The van der Waals surface area contributed by atoms with Gasteiger partial charge in [0.05, 0.1) is 11.4 Å². The van der Waals surface area contributed by atoms with E-state index in [4.69, 9.17) is 4.74 Å². The SMILES string of the molecule is Cc1ccc(S(C)(=O)=O)cc1NC(=O)c1ccc(=O)n(CCOc2ccccc2)n1. The molecule has 2 aromatic carbocycles. The lowest BCUT2D eigenvalue weighted by Gasteiger charge is -2.11. The molecule has 30 heavy (non-hydrogen) atoms. The molecule has 0 atom stereocenters. The van der Waals surface area contributed by atoms with Crippen LogP contribution in [-0.2, 0) is 16.4 Å². The molecular formula is C21H21N3O5S. The van der Waals surface area contributed by atoms with Crippen LogP contribution >= 0.6 is 0 Å². The zero-order chi connectivity index (χ0) is 21.7. The number of ether oxygens (including phenoxy) is 1. The number of carbonyl (C=O) groups is 1. The predicted molar refractivity (Wildman–Crippen MR) is 113 cm³/mol. The summed E-state index contributed by atoms with van der Waals surface area (Å²) in [5.74, 6) is 0.113. The van der Waals surface area contributed by atoms with E-state index in [1.54, 1.807) is 25.1 Å². The van der Waals surface area contributed by atoms with Crippen LogP contribution in [0, 0.1) is 6.92 Å². The van der Waals surface area contributed by atoms with E-state index in [-0.39, 0.29) is 29.3 Å². The first-order valence-electron chi connectivity index (χ1n) is 9.12. The number of rotatable bonds is 7. The van der Waals surface area contributed by atoms with Gasteiger partial charge < -0.3 is 10.1 Å². The Labute approximate surface area is 174 Å². The van der Waals surface area contributed by atoms with Crippen molar-refractivity contribution in [1.29, 1.82) is 0 Å². The summed E-state index contributed by atoms with van der Waals surface area (Å²) in [5, 5.41) is 6.75. The standard InChI is InChI=1S/C21H21N3O5S/c1-15-8-9-17(30(2,27)28)14-19(15)22-21(26)18-10-11-20(25)24(23-18)12-13-29-16-6-4-3-5-7-16/h3-11,14H,12-13H2,1-2H3,(H,22,26). The Morgan fingerprint density at radius 2 is 1.83 bits per heavy atom. The number of aromatic nitrogens is 2. The first-order chi connectivity index (χ1) is 14.2. The van der Waals surface area contributed by atoms with Gasteiger partial charge in [0.25, 0.3) is 11.5 Å². The van der Waals surface area contributed by atoms with Crippen LogP contribution in [0.3, 0.4) is 0 Å². The van der Waals surface area contributed by atoms with E-state index >= 15 is 0 Å². The molecule has 0 radical (unpaired) electrons. The first-order valence-corrected chi connectivity index (χ1v) is 11.0. The molecule has 1 amide bonds. The molecule has 0 unspecified atom stereocenters. The third-order valence-electron chi connectivity index (χ3n) is 4.30. The van der Waals surface area contributed by atoms with Crippen molar-refractivity contribution in [2.45, 2.75) is 18.4 Å². The van der Waals surface area contributed by atoms with Crippen LogP contribution in [-0.4, -0.2) is 37.0 Å². The minimum absolute atomic E-state index is 0.0264. The van der Waals surface area contributed by atoms with Gasteiger partial charge in [-0.15, -0.1) is 0 Å². The lowest BCUT2D eigenvalue weighted by molar-refractivity contribution is 0.101. The van der Waals surface area contributed by atoms with Crippen molar-refractivity contribution in [2.75, 3.05) is 18.2 Å². The van der Waals surface area contributed by atoms with Crippen molar-refractivity contribution in [1.82, 2.24) is 9.78 Å².